The molecule has 0 saturated heterocycles. The Bertz CT molecular complexity index is 1830. The van der Waals surface area contributed by atoms with E-state index in [4.69, 9.17) is 22.3 Å². The molecule has 26 nitrogen and oxygen atoms in total. The van der Waals surface area contributed by atoms with Crippen molar-refractivity contribution in [3.8, 4) is 0 Å². The van der Waals surface area contributed by atoms with Crippen molar-refractivity contribution in [1.82, 2.24) is 58.5 Å². The third-order valence-corrected chi connectivity index (χ3v) is 12.7. The number of carbonyl (C=O) groups is 9. The van der Waals surface area contributed by atoms with Crippen molar-refractivity contribution in [3.05, 3.63) is 0 Å². The summed E-state index contributed by atoms with van der Waals surface area (Å²) in [6.07, 6.45) is 16.1. The molecule has 26 heteroatoms. The summed E-state index contributed by atoms with van der Waals surface area (Å²) in [5.41, 5.74) is 10.8. The second kappa shape index (κ2) is 42.8. The summed E-state index contributed by atoms with van der Waals surface area (Å²) in [7, 11) is 1.40. The van der Waals surface area contributed by atoms with E-state index in [1.54, 1.807) is 20.8 Å². The summed E-state index contributed by atoms with van der Waals surface area (Å²) in [4.78, 5) is 119. The van der Waals surface area contributed by atoms with Gasteiger partial charge in [0.25, 0.3) is 0 Å². The van der Waals surface area contributed by atoms with Crippen LogP contribution >= 0.6 is 0 Å². The third kappa shape index (κ3) is 34.2. The normalized spacial score (nSPS) is 13.7. The van der Waals surface area contributed by atoms with Gasteiger partial charge in [-0.25, -0.2) is 0 Å². The highest BCUT2D eigenvalue weighted by molar-refractivity contribution is 5.97. The largest absolute Gasteiger partial charge is 0.394 e. The van der Waals surface area contributed by atoms with Crippen molar-refractivity contribution in [2.45, 2.75) is 199 Å². The fraction of sp³-hybridized carbons (Fsp3) is 0.784. The second-order valence-electron chi connectivity index (χ2n) is 19.9. The SMILES string of the molecule is CCCCCCCCCCCCCCCC(=O)NCC(=O)N[C@@H](CO)C(=O)NCC(=O)N[C@@H](CCCNC(=N)N)C(=O)N[C@@H](CC(C)C)C(=O)N[C@@H](CCCNC(=N)N)C(=O)N[C@@H](CO)C(=O)NC(C(=O)NC)[C@@H](C)CC. The summed E-state index contributed by atoms with van der Waals surface area (Å²) >= 11 is 0. The lowest BCUT2D eigenvalue weighted by Gasteiger charge is -2.28. The van der Waals surface area contributed by atoms with Gasteiger partial charge >= 0.3 is 0 Å². The highest BCUT2D eigenvalue weighted by atomic mass is 16.3. The topological polar surface area (TPSA) is 426 Å². The lowest BCUT2D eigenvalue weighted by atomic mass is 9.98. The molecular weight excluding hydrogens is 999 g/mol. The van der Waals surface area contributed by atoms with Crippen LogP contribution in [0.4, 0.5) is 0 Å². The second-order valence-corrected chi connectivity index (χ2v) is 19.9. The monoisotopic (exact) mass is 1100 g/mol. The number of guanidine groups is 2. The minimum atomic E-state index is -1.54. The van der Waals surface area contributed by atoms with Crippen LogP contribution in [-0.4, -0.2) is 158 Å². The van der Waals surface area contributed by atoms with Crippen LogP contribution in [0.1, 0.15) is 163 Å². The van der Waals surface area contributed by atoms with Gasteiger partial charge in [-0.1, -0.05) is 118 Å². The summed E-state index contributed by atoms with van der Waals surface area (Å²) in [5, 5.41) is 62.6. The zero-order valence-electron chi connectivity index (χ0n) is 46.7. The smallest absolute Gasteiger partial charge is 0.245 e. The van der Waals surface area contributed by atoms with Crippen LogP contribution in [0.2, 0.25) is 0 Å². The molecule has 77 heavy (non-hydrogen) atoms. The molecule has 0 aliphatic heterocycles. The van der Waals surface area contributed by atoms with Gasteiger partial charge < -0.3 is 80.2 Å². The van der Waals surface area contributed by atoms with Crippen molar-refractivity contribution < 1.29 is 53.4 Å². The predicted octanol–water partition coefficient (Wildman–Crippen LogP) is -1.04. The molecule has 19 N–H and O–H groups in total. The van der Waals surface area contributed by atoms with Gasteiger partial charge in [-0.15, -0.1) is 0 Å². The van der Waals surface area contributed by atoms with Gasteiger partial charge in [0, 0.05) is 26.6 Å². The van der Waals surface area contributed by atoms with Gasteiger partial charge in [0.1, 0.15) is 36.3 Å². The highest BCUT2D eigenvalue weighted by Crippen LogP contribution is 2.14. The molecule has 7 atom stereocenters. The molecule has 0 aliphatic carbocycles. The molecule has 0 saturated carbocycles. The number of carbonyl (C=O) groups excluding carboxylic acids is 9. The van der Waals surface area contributed by atoms with Crippen LogP contribution in [-0.2, 0) is 43.2 Å². The predicted molar refractivity (Wildman–Crippen MR) is 293 cm³/mol. The van der Waals surface area contributed by atoms with Crippen molar-refractivity contribution in [2.24, 2.45) is 23.3 Å². The van der Waals surface area contributed by atoms with E-state index in [0.717, 1.165) is 19.3 Å². The summed E-state index contributed by atoms with van der Waals surface area (Å²) in [6.45, 7) is 6.70. The van der Waals surface area contributed by atoms with Crippen molar-refractivity contribution in [3.63, 3.8) is 0 Å². The van der Waals surface area contributed by atoms with Crippen molar-refractivity contribution in [2.75, 3.05) is 46.4 Å². The number of hydrogen-bond acceptors (Lipinski definition) is 13. The first kappa shape index (κ1) is 70.7. The molecule has 0 aromatic heterocycles. The van der Waals surface area contributed by atoms with Crippen LogP contribution < -0.4 is 70.0 Å². The van der Waals surface area contributed by atoms with E-state index in [0.29, 0.717) is 12.8 Å². The Hall–Kier alpha value is -6.31. The van der Waals surface area contributed by atoms with Crippen LogP contribution in [0, 0.1) is 22.7 Å². The maximum Gasteiger partial charge on any atom is 0.245 e. The number of aliphatic hydroxyl groups is 2. The fourth-order valence-electron chi connectivity index (χ4n) is 7.97. The van der Waals surface area contributed by atoms with Crippen LogP contribution in [0.3, 0.4) is 0 Å². The zero-order valence-corrected chi connectivity index (χ0v) is 46.7. The van der Waals surface area contributed by atoms with Crippen molar-refractivity contribution in [1.29, 1.82) is 10.8 Å². The Labute approximate surface area is 455 Å². The van der Waals surface area contributed by atoms with Crippen LogP contribution in [0.15, 0.2) is 0 Å². The molecule has 0 aliphatic rings. The molecule has 9 amide bonds. The van der Waals surface area contributed by atoms with Gasteiger partial charge in [-0.3, -0.25) is 54.0 Å². The Morgan fingerprint density at radius 1 is 0.455 bits per heavy atom. The van der Waals surface area contributed by atoms with E-state index in [1.807, 2.05) is 6.92 Å². The molecule has 1 unspecified atom stereocenters. The van der Waals surface area contributed by atoms with Gasteiger partial charge in [-0.2, -0.15) is 0 Å². The number of amides is 9. The number of nitrogens with one attached hydrogen (secondary N) is 13. The molecule has 0 aromatic rings. The number of nitrogens with two attached hydrogens (primary N) is 2. The number of hydrogen-bond donors (Lipinski definition) is 17. The Balaban J connectivity index is 5.75. The summed E-state index contributed by atoms with van der Waals surface area (Å²) in [5.74, 6) is -7.98. The average Bonchev–Trinajstić information content (AvgIpc) is 3.39. The molecule has 0 radical (unpaired) electrons. The molecular formula is C51H97N15O11. The van der Waals surface area contributed by atoms with Crippen molar-refractivity contribution >= 4 is 65.1 Å². The number of unbranched alkanes of at least 4 members (excludes halogenated alkanes) is 12. The molecule has 442 valence electrons. The van der Waals surface area contributed by atoms with Gasteiger partial charge in [0.2, 0.25) is 53.2 Å². The van der Waals surface area contributed by atoms with Crippen LogP contribution in [0.25, 0.3) is 0 Å². The maximum absolute atomic E-state index is 14.0. The minimum Gasteiger partial charge on any atom is -0.394 e. The molecule has 0 bridgehead atoms. The first-order chi connectivity index (χ1) is 36.6. The Morgan fingerprint density at radius 2 is 0.857 bits per heavy atom. The van der Waals surface area contributed by atoms with E-state index < -0.39 is 110 Å². The number of likely N-dealkylation sites (N-methyl/N-ethyl adjacent to an activating group) is 1. The van der Waals surface area contributed by atoms with E-state index >= 15 is 0 Å². The van der Waals surface area contributed by atoms with Gasteiger partial charge in [0.05, 0.1) is 26.3 Å². The molecule has 0 aromatic carbocycles. The van der Waals surface area contributed by atoms with E-state index in [1.165, 1.54) is 64.8 Å². The average molecular weight is 1100 g/mol. The van der Waals surface area contributed by atoms with E-state index in [2.05, 4.69) is 65.4 Å². The lowest BCUT2D eigenvalue weighted by Crippen LogP contribution is -2.60. The van der Waals surface area contributed by atoms with E-state index in [-0.39, 0.29) is 81.3 Å². The lowest BCUT2D eigenvalue weighted by molar-refractivity contribution is -0.136. The van der Waals surface area contributed by atoms with Gasteiger partial charge in [-0.05, 0) is 50.4 Å². The highest BCUT2D eigenvalue weighted by Gasteiger charge is 2.34. The standard InChI is InChI=1S/C51H97N15O11/c1-7-9-10-11-12-13-14-15-16-17-18-19-20-25-40(69)59-29-41(70)62-38(31-67)44(72)60-30-42(71)61-35(23-21-26-57-50(52)53)45(73)64-37(28-33(3)4)47(75)63-36(24-22-27-58-51(54)55)46(74)65-39(32-68)48(76)66-43(34(5)8-2)49(77)56-6/h33-39,43,67-68H,7-32H2,1-6H3,(H,56,77)(H,59,69)(H,60,72)(H,61,71)(H,62,70)(H,63,75)(H,64,73)(H,65,74)(H,66,76)(H4,52,53,57)(H4,54,55,58)/t34-,35-,36-,37-,38-,39-,43?/m0/s1. The number of aliphatic hydroxyl groups excluding tert-OH is 2. The molecule has 0 spiro atoms. The molecule has 0 rings (SSSR count). The number of rotatable bonds is 44. The quantitative estimate of drug-likeness (QED) is 0.0197. The third-order valence-electron chi connectivity index (χ3n) is 12.7. The fourth-order valence-corrected chi connectivity index (χ4v) is 7.97. The summed E-state index contributed by atoms with van der Waals surface area (Å²) < 4.78 is 0. The summed E-state index contributed by atoms with van der Waals surface area (Å²) in [6, 6.07) is -8.01. The zero-order chi connectivity index (χ0) is 58.1. The molecule has 0 heterocycles. The van der Waals surface area contributed by atoms with Gasteiger partial charge in [0.15, 0.2) is 11.9 Å². The first-order valence-electron chi connectivity index (χ1n) is 27.6. The van der Waals surface area contributed by atoms with Crippen LogP contribution in [0.5, 0.6) is 0 Å². The Morgan fingerprint density at radius 3 is 1.31 bits per heavy atom. The minimum absolute atomic E-state index is 0.0377. The maximum atomic E-state index is 14.0. The molecule has 0 fully saturated rings. The Kier molecular flexibility index (Phi) is 39.3. The van der Waals surface area contributed by atoms with E-state index in [9.17, 15) is 53.4 Å². The first-order valence-corrected chi connectivity index (χ1v) is 27.6.